The molecule has 5 heteroatoms. The van der Waals surface area contributed by atoms with Crippen LogP contribution in [0.25, 0.3) is 0 Å². The van der Waals surface area contributed by atoms with E-state index >= 15 is 0 Å². The van der Waals surface area contributed by atoms with E-state index in [9.17, 15) is 0 Å². The maximum Gasteiger partial charge on any atom is 0.185 e. The highest BCUT2D eigenvalue weighted by molar-refractivity contribution is 7.15. The molecule has 1 aliphatic rings. The van der Waals surface area contributed by atoms with Gasteiger partial charge in [-0.05, 0) is 20.9 Å². The van der Waals surface area contributed by atoms with Crippen LogP contribution in [0.3, 0.4) is 0 Å². The Bertz CT molecular complexity index is 353. The number of hydrogen-bond acceptors (Lipinski definition) is 5. The largest absolute Gasteiger partial charge is 0.346 e. The Balaban J connectivity index is 2.12. The number of piperazine rings is 1. The fourth-order valence-corrected chi connectivity index (χ4v) is 3.02. The van der Waals surface area contributed by atoms with Gasteiger partial charge < -0.3 is 15.5 Å². The van der Waals surface area contributed by atoms with Gasteiger partial charge in [0.15, 0.2) is 5.13 Å². The van der Waals surface area contributed by atoms with Gasteiger partial charge in [0.2, 0.25) is 0 Å². The molecule has 1 aromatic rings. The number of nitrogens with two attached hydrogens (primary N) is 1. The van der Waals surface area contributed by atoms with Gasteiger partial charge in [0.25, 0.3) is 0 Å². The summed E-state index contributed by atoms with van der Waals surface area (Å²) in [7, 11) is 2.16. The predicted molar refractivity (Wildman–Crippen MR) is 69.2 cm³/mol. The van der Waals surface area contributed by atoms with Gasteiger partial charge in [-0.1, -0.05) is 0 Å². The number of hydrogen-bond donors (Lipinski definition) is 1. The van der Waals surface area contributed by atoms with E-state index in [1.807, 2.05) is 6.92 Å². The number of rotatable bonds is 2. The van der Waals surface area contributed by atoms with Crippen LogP contribution in [0.1, 0.15) is 23.5 Å². The summed E-state index contributed by atoms with van der Waals surface area (Å²) < 4.78 is 0. The lowest BCUT2D eigenvalue weighted by atomic mass is 10.2. The van der Waals surface area contributed by atoms with Crippen molar-refractivity contribution in [2.24, 2.45) is 5.73 Å². The molecule has 1 aliphatic heterocycles. The highest BCUT2D eigenvalue weighted by atomic mass is 32.1. The monoisotopic (exact) mass is 240 g/mol. The van der Waals surface area contributed by atoms with E-state index in [4.69, 9.17) is 5.73 Å². The van der Waals surface area contributed by atoms with Crippen molar-refractivity contribution in [2.45, 2.75) is 19.9 Å². The van der Waals surface area contributed by atoms with Crippen LogP contribution < -0.4 is 10.6 Å². The summed E-state index contributed by atoms with van der Waals surface area (Å²) in [6.07, 6.45) is 0. The number of nitrogens with zero attached hydrogens (tertiary/aromatic N) is 3. The van der Waals surface area contributed by atoms with Crippen molar-refractivity contribution in [3.63, 3.8) is 0 Å². The van der Waals surface area contributed by atoms with Crippen LogP contribution in [0.15, 0.2) is 0 Å². The second kappa shape index (κ2) is 4.69. The summed E-state index contributed by atoms with van der Waals surface area (Å²) in [5.41, 5.74) is 7.01. The molecule has 1 saturated heterocycles. The first-order chi connectivity index (χ1) is 7.58. The van der Waals surface area contributed by atoms with E-state index in [1.165, 1.54) is 4.88 Å². The number of aromatic nitrogens is 1. The lowest BCUT2D eigenvalue weighted by Crippen LogP contribution is -2.44. The van der Waals surface area contributed by atoms with E-state index < -0.39 is 0 Å². The van der Waals surface area contributed by atoms with E-state index in [0.29, 0.717) is 0 Å². The van der Waals surface area contributed by atoms with Crippen LogP contribution >= 0.6 is 11.3 Å². The number of thiazole rings is 1. The Labute approximate surface area is 101 Å². The first kappa shape index (κ1) is 11.8. The molecule has 0 bridgehead atoms. The Morgan fingerprint density at radius 2 is 1.94 bits per heavy atom. The average Bonchev–Trinajstić information content (AvgIpc) is 2.61. The second-order valence-corrected chi connectivity index (χ2v) is 5.53. The Kier molecular flexibility index (Phi) is 3.47. The minimum absolute atomic E-state index is 0.0960. The maximum absolute atomic E-state index is 5.92. The molecule has 0 aromatic carbocycles. The zero-order valence-corrected chi connectivity index (χ0v) is 11.0. The topological polar surface area (TPSA) is 45.4 Å². The fourth-order valence-electron chi connectivity index (χ4n) is 1.95. The molecule has 0 spiro atoms. The lowest BCUT2D eigenvalue weighted by Gasteiger charge is -2.32. The molecular weight excluding hydrogens is 220 g/mol. The number of likely N-dealkylation sites (N-methyl/N-ethyl adjacent to an activating group) is 1. The Morgan fingerprint density at radius 1 is 1.31 bits per heavy atom. The standard InChI is InChI=1S/C11H20N4S/c1-8(12)10-9(2)13-11(16-10)15-6-4-14(3)5-7-15/h8H,4-7,12H2,1-3H3. The summed E-state index contributed by atoms with van der Waals surface area (Å²) in [6.45, 7) is 8.45. The smallest absolute Gasteiger partial charge is 0.185 e. The molecule has 16 heavy (non-hydrogen) atoms. The van der Waals surface area contributed by atoms with Crippen LogP contribution in [0, 0.1) is 6.92 Å². The quantitative estimate of drug-likeness (QED) is 0.844. The first-order valence-electron chi connectivity index (χ1n) is 5.74. The Hall–Kier alpha value is -0.650. The van der Waals surface area contributed by atoms with Crippen LogP contribution in [0.2, 0.25) is 0 Å². The van der Waals surface area contributed by atoms with Gasteiger partial charge in [0.05, 0.1) is 5.69 Å². The molecule has 1 fully saturated rings. The van der Waals surface area contributed by atoms with Crippen molar-refractivity contribution in [3.8, 4) is 0 Å². The minimum atomic E-state index is 0.0960. The van der Waals surface area contributed by atoms with Gasteiger partial charge in [-0.2, -0.15) is 0 Å². The van der Waals surface area contributed by atoms with E-state index in [1.54, 1.807) is 11.3 Å². The number of anilines is 1. The zero-order chi connectivity index (χ0) is 11.7. The van der Waals surface area contributed by atoms with Crippen molar-refractivity contribution < 1.29 is 0 Å². The highest BCUT2D eigenvalue weighted by Crippen LogP contribution is 2.30. The third-order valence-electron chi connectivity index (χ3n) is 3.01. The van der Waals surface area contributed by atoms with Crippen molar-refractivity contribution >= 4 is 16.5 Å². The summed E-state index contributed by atoms with van der Waals surface area (Å²) in [6, 6.07) is 0.0960. The average molecular weight is 240 g/mol. The molecular formula is C11H20N4S. The molecule has 0 aliphatic carbocycles. The highest BCUT2D eigenvalue weighted by Gasteiger charge is 2.19. The van der Waals surface area contributed by atoms with Crippen molar-refractivity contribution in [1.29, 1.82) is 0 Å². The van der Waals surface area contributed by atoms with Crippen LogP contribution in [0.4, 0.5) is 5.13 Å². The molecule has 2 heterocycles. The third kappa shape index (κ3) is 2.36. The minimum Gasteiger partial charge on any atom is -0.346 e. The second-order valence-electron chi connectivity index (χ2n) is 4.53. The summed E-state index contributed by atoms with van der Waals surface area (Å²) in [4.78, 5) is 10.6. The van der Waals surface area contributed by atoms with Crippen LogP contribution in [0.5, 0.6) is 0 Å². The van der Waals surface area contributed by atoms with Gasteiger partial charge in [-0.3, -0.25) is 0 Å². The maximum atomic E-state index is 5.92. The van der Waals surface area contributed by atoms with Gasteiger partial charge >= 0.3 is 0 Å². The molecule has 4 nitrogen and oxygen atoms in total. The lowest BCUT2D eigenvalue weighted by molar-refractivity contribution is 0.312. The van der Waals surface area contributed by atoms with Gasteiger partial charge in [-0.25, -0.2) is 4.98 Å². The Morgan fingerprint density at radius 3 is 2.44 bits per heavy atom. The summed E-state index contributed by atoms with van der Waals surface area (Å²) >= 11 is 1.75. The van der Waals surface area contributed by atoms with Gasteiger partial charge in [0.1, 0.15) is 0 Å². The van der Waals surface area contributed by atoms with Crippen LogP contribution in [-0.4, -0.2) is 43.1 Å². The molecule has 1 unspecified atom stereocenters. The SMILES string of the molecule is Cc1nc(N2CCN(C)CC2)sc1C(C)N. The summed E-state index contributed by atoms with van der Waals surface area (Å²) in [5.74, 6) is 0. The van der Waals surface area contributed by atoms with E-state index in [0.717, 1.165) is 37.0 Å². The molecule has 1 aromatic heterocycles. The molecule has 0 saturated carbocycles. The fraction of sp³-hybridized carbons (Fsp3) is 0.727. The van der Waals surface area contributed by atoms with Crippen molar-refractivity contribution in [3.05, 3.63) is 10.6 Å². The zero-order valence-electron chi connectivity index (χ0n) is 10.2. The van der Waals surface area contributed by atoms with E-state index in [-0.39, 0.29) is 6.04 Å². The molecule has 1 atom stereocenters. The molecule has 0 amide bonds. The normalized spacial score (nSPS) is 20.1. The summed E-state index contributed by atoms with van der Waals surface area (Å²) in [5, 5.41) is 1.14. The number of aryl methyl sites for hydroxylation is 1. The first-order valence-corrected chi connectivity index (χ1v) is 6.56. The third-order valence-corrected chi connectivity index (χ3v) is 4.43. The van der Waals surface area contributed by atoms with Crippen molar-refractivity contribution in [2.75, 3.05) is 38.1 Å². The molecule has 2 rings (SSSR count). The molecule has 2 N–H and O–H groups in total. The molecule has 90 valence electrons. The van der Waals surface area contributed by atoms with Gasteiger partial charge in [-0.15, -0.1) is 11.3 Å². The molecule has 0 radical (unpaired) electrons. The van der Waals surface area contributed by atoms with Crippen molar-refractivity contribution in [1.82, 2.24) is 9.88 Å². The predicted octanol–water partition coefficient (Wildman–Crippen LogP) is 1.22. The van der Waals surface area contributed by atoms with E-state index in [2.05, 4.69) is 28.8 Å². The van der Waals surface area contributed by atoms with Gasteiger partial charge in [0, 0.05) is 37.1 Å². The van der Waals surface area contributed by atoms with Crippen LogP contribution in [-0.2, 0) is 0 Å².